The molecule has 0 aromatic rings. The molecule has 20 heavy (non-hydrogen) atoms. The lowest BCUT2D eigenvalue weighted by molar-refractivity contribution is -0.149. The van der Waals surface area contributed by atoms with Crippen LogP contribution in [0.25, 0.3) is 0 Å². The lowest BCUT2D eigenvalue weighted by Gasteiger charge is -2.37. The lowest BCUT2D eigenvalue weighted by Crippen LogP contribution is -2.58. The van der Waals surface area contributed by atoms with Gasteiger partial charge < -0.3 is 15.7 Å². The van der Waals surface area contributed by atoms with Crippen LogP contribution in [0.5, 0.6) is 0 Å². The van der Waals surface area contributed by atoms with E-state index in [2.05, 4.69) is 22.5 Å². The van der Waals surface area contributed by atoms with Gasteiger partial charge in [0.25, 0.3) is 0 Å². The number of rotatable bonds is 4. The van der Waals surface area contributed by atoms with Crippen LogP contribution in [0.3, 0.4) is 0 Å². The van der Waals surface area contributed by atoms with Crippen LogP contribution < -0.4 is 10.6 Å². The van der Waals surface area contributed by atoms with Crippen LogP contribution in [-0.4, -0.2) is 60.1 Å². The molecule has 1 saturated heterocycles. The summed E-state index contributed by atoms with van der Waals surface area (Å²) >= 11 is 0. The van der Waals surface area contributed by atoms with Gasteiger partial charge in [0.2, 0.25) is 5.91 Å². The highest BCUT2D eigenvalue weighted by Gasteiger charge is 2.42. The Hall–Kier alpha value is -1.14. The zero-order chi connectivity index (χ0) is 14.6. The van der Waals surface area contributed by atoms with Crippen LogP contribution in [-0.2, 0) is 9.59 Å². The van der Waals surface area contributed by atoms with Crippen molar-refractivity contribution in [1.29, 1.82) is 0 Å². The van der Waals surface area contributed by atoms with Crippen LogP contribution in [0.2, 0.25) is 0 Å². The number of carboxylic acids is 1. The normalized spacial score (nSPS) is 31.8. The third-order valence-electron chi connectivity index (χ3n) is 4.49. The van der Waals surface area contributed by atoms with Crippen molar-refractivity contribution in [2.45, 2.75) is 38.1 Å². The number of hydrogen-bond acceptors (Lipinski definition) is 4. The zero-order valence-corrected chi connectivity index (χ0v) is 12.2. The highest BCUT2D eigenvalue weighted by atomic mass is 16.4. The number of nitrogens with one attached hydrogen (secondary N) is 2. The predicted octanol–water partition coefficient (Wildman–Crippen LogP) is 0.0413. The second-order valence-corrected chi connectivity index (χ2v) is 6.14. The summed E-state index contributed by atoms with van der Waals surface area (Å²) in [4.78, 5) is 25.8. The van der Waals surface area contributed by atoms with Gasteiger partial charge >= 0.3 is 5.97 Å². The number of hydrogen-bond donors (Lipinski definition) is 3. The molecule has 1 amide bonds. The first kappa shape index (κ1) is 15.3. The molecule has 114 valence electrons. The van der Waals surface area contributed by atoms with Crippen molar-refractivity contribution in [2.75, 3.05) is 32.7 Å². The number of carboxylic acid groups (broad SMARTS) is 1. The molecule has 6 heteroatoms. The smallest absolute Gasteiger partial charge is 0.329 e. The predicted molar refractivity (Wildman–Crippen MR) is 75.5 cm³/mol. The van der Waals surface area contributed by atoms with E-state index in [1.54, 1.807) is 0 Å². The maximum Gasteiger partial charge on any atom is 0.329 e. The van der Waals surface area contributed by atoms with Gasteiger partial charge in [-0.2, -0.15) is 0 Å². The molecule has 0 aromatic carbocycles. The highest BCUT2D eigenvalue weighted by Crippen LogP contribution is 2.32. The Labute approximate surface area is 119 Å². The number of aliphatic carboxylic acids is 1. The van der Waals surface area contributed by atoms with Crippen LogP contribution >= 0.6 is 0 Å². The third-order valence-corrected chi connectivity index (χ3v) is 4.49. The first-order chi connectivity index (χ1) is 9.52. The average Bonchev–Trinajstić information content (AvgIpc) is 2.42. The van der Waals surface area contributed by atoms with Gasteiger partial charge in [-0.25, -0.2) is 4.79 Å². The van der Waals surface area contributed by atoms with Gasteiger partial charge in [0, 0.05) is 26.2 Å². The number of carbonyl (C=O) groups is 2. The Balaban J connectivity index is 1.90. The molecule has 2 fully saturated rings. The largest absolute Gasteiger partial charge is 0.480 e. The minimum absolute atomic E-state index is 0.163. The third kappa shape index (κ3) is 3.70. The van der Waals surface area contributed by atoms with E-state index < -0.39 is 11.5 Å². The molecular formula is C14H25N3O3. The fraction of sp³-hybridized carbons (Fsp3) is 0.857. The topological polar surface area (TPSA) is 81.7 Å². The Morgan fingerprint density at radius 3 is 2.45 bits per heavy atom. The van der Waals surface area contributed by atoms with E-state index in [0.717, 1.165) is 39.0 Å². The molecule has 1 aliphatic carbocycles. The van der Waals surface area contributed by atoms with Crippen molar-refractivity contribution in [3.8, 4) is 0 Å². The van der Waals surface area contributed by atoms with Gasteiger partial charge in [-0.3, -0.25) is 9.69 Å². The van der Waals surface area contributed by atoms with Gasteiger partial charge in [0.1, 0.15) is 5.54 Å². The van der Waals surface area contributed by atoms with Gasteiger partial charge in [0.05, 0.1) is 6.54 Å². The van der Waals surface area contributed by atoms with E-state index in [1.165, 1.54) is 0 Å². The average molecular weight is 283 g/mol. The summed E-state index contributed by atoms with van der Waals surface area (Å²) in [5, 5.41) is 15.5. The number of amides is 1. The molecule has 0 spiro atoms. The fourth-order valence-electron chi connectivity index (χ4n) is 3.03. The van der Waals surface area contributed by atoms with E-state index in [-0.39, 0.29) is 5.91 Å². The zero-order valence-electron chi connectivity index (χ0n) is 12.2. The van der Waals surface area contributed by atoms with E-state index in [4.69, 9.17) is 0 Å². The molecule has 0 radical (unpaired) electrons. The molecule has 0 unspecified atom stereocenters. The number of nitrogens with zero attached hydrogens (tertiary/aromatic N) is 1. The van der Waals surface area contributed by atoms with Crippen LogP contribution in [0, 0.1) is 5.92 Å². The molecule has 2 aliphatic rings. The Kier molecular flexibility index (Phi) is 4.99. The van der Waals surface area contributed by atoms with Crippen molar-refractivity contribution in [2.24, 2.45) is 5.92 Å². The highest BCUT2D eigenvalue weighted by molar-refractivity contribution is 5.88. The van der Waals surface area contributed by atoms with Crippen molar-refractivity contribution in [1.82, 2.24) is 15.5 Å². The molecule has 1 aliphatic heterocycles. The van der Waals surface area contributed by atoms with Crippen LogP contribution in [0.15, 0.2) is 0 Å². The minimum Gasteiger partial charge on any atom is -0.480 e. The first-order valence-electron chi connectivity index (χ1n) is 7.49. The monoisotopic (exact) mass is 283 g/mol. The summed E-state index contributed by atoms with van der Waals surface area (Å²) in [6, 6.07) is 0. The van der Waals surface area contributed by atoms with Crippen molar-refractivity contribution < 1.29 is 14.7 Å². The quantitative estimate of drug-likeness (QED) is 0.679. The summed E-state index contributed by atoms with van der Waals surface area (Å²) < 4.78 is 0. The lowest BCUT2D eigenvalue weighted by atomic mass is 9.77. The minimum atomic E-state index is -1.04. The summed E-state index contributed by atoms with van der Waals surface area (Å²) in [5.74, 6) is -0.505. The van der Waals surface area contributed by atoms with Crippen molar-refractivity contribution in [3.05, 3.63) is 0 Å². The molecule has 0 atom stereocenters. The van der Waals surface area contributed by atoms with E-state index in [1.807, 2.05) is 0 Å². The van der Waals surface area contributed by atoms with E-state index in [9.17, 15) is 14.7 Å². The maximum atomic E-state index is 12.1. The molecule has 3 N–H and O–H groups in total. The number of piperazine rings is 1. The van der Waals surface area contributed by atoms with E-state index >= 15 is 0 Å². The second kappa shape index (κ2) is 6.54. The van der Waals surface area contributed by atoms with Gasteiger partial charge in [-0.05, 0) is 31.6 Å². The summed E-state index contributed by atoms with van der Waals surface area (Å²) in [6.45, 7) is 5.87. The molecule has 0 aromatic heterocycles. The first-order valence-corrected chi connectivity index (χ1v) is 7.49. The van der Waals surface area contributed by atoms with Gasteiger partial charge in [0.15, 0.2) is 0 Å². The molecule has 0 bridgehead atoms. The summed E-state index contributed by atoms with van der Waals surface area (Å²) in [5.41, 5.74) is -1.04. The summed E-state index contributed by atoms with van der Waals surface area (Å²) in [7, 11) is 0. The van der Waals surface area contributed by atoms with Crippen molar-refractivity contribution >= 4 is 11.9 Å². The standard InChI is InChI=1S/C14H25N3O3/c1-11-2-4-14(5-3-11,13(19)20)16-12(18)10-17-8-6-15-7-9-17/h11,15H,2-10H2,1H3,(H,16,18)(H,19,20). The fourth-order valence-corrected chi connectivity index (χ4v) is 3.03. The van der Waals surface area contributed by atoms with Crippen LogP contribution in [0.4, 0.5) is 0 Å². The number of carbonyl (C=O) groups excluding carboxylic acids is 1. The molecule has 2 rings (SSSR count). The van der Waals surface area contributed by atoms with Crippen LogP contribution in [0.1, 0.15) is 32.6 Å². The molecule has 1 saturated carbocycles. The molecular weight excluding hydrogens is 258 g/mol. The molecule has 6 nitrogen and oxygen atoms in total. The van der Waals surface area contributed by atoms with Crippen molar-refractivity contribution in [3.63, 3.8) is 0 Å². The Morgan fingerprint density at radius 2 is 1.90 bits per heavy atom. The van der Waals surface area contributed by atoms with E-state index in [0.29, 0.717) is 25.3 Å². The second-order valence-electron chi connectivity index (χ2n) is 6.14. The Morgan fingerprint density at radius 1 is 1.30 bits per heavy atom. The van der Waals surface area contributed by atoms with Gasteiger partial charge in [-0.1, -0.05) is 6.92 Å². The Bertz CT molecular complexity index is 359. The summed E-state index contributed by atoms with van der Waals surface area (Å²) in [6.07, 6.45) is 2.80. The molecule has 1 heterocycles. The maximum absolute atomic E-state index is 12.1. The van der Waals surface area contributed by atoms with Gasteiger partial charge in [-0.15, -0.1) is 0 Å². The SMILES string of the molecule is CC1CCC(NC(=O)CN2CCNCC2)(C(=O)O)CC1.